The Bertz CT molecular complexity index is 661. The number of ketones is 1. The number of methoxy groups -OCH3 is 1. The first kappa shape index (κ1) is 14.6. The summed E-state index contributed by atoms with van der Waals surface area (Å²) < 4.78 is 9.64. The number of carbonyl (C=O) groups excluding carboxylic acids is 2. The number of hydrogen-bond donors (Lipinski definition) is 0. The molecular weight excluding hydrogens is 303 g/mol. The Morgan fingerprint density at radius 3 is 2.45 bits per heavy atom. The second kappa shape index (κ2) is 6.11. The molecule has 1 aromatic heterocycles. The minimum atomic E-state index is -0.626. The number of esters is 1. The molecule has 20 heavy (non-hydrogen) atoms. The highest BCUT2D eigenvalue weighted by molar-refractivity contribution is 6.42. The van der Waals surface area contributed by atoms with Crippen molar-refractivity contribution < 1.29 is 18.7 Å². The molecule has 104 valence electrons. The summed E-state index contributed by atoms with van der Waals surface area (Å²) in [5.41, 5.74) is 0.709. The molecule has 6 heteroatoms. The van der Waals surface area contributed by atoms with E-state index in [0.29, 0.717) is 15.6 Å². The van der Waals surface area contributed by atoms with E-state index in [1.165, 1.54) is 19.2 Å². The van der Waals surface area contributed by atoms with E-state index in [4.69, 9.17) is 27.6 Å². The second-order valence-corrected chi connectivity index (χ2v) is 4.82. The molecule has 0 amide bonds. The van der Waals surface area contributed by atoms with Crippen LogP contribution in [0.1, 0.15) is 26.7 Å². The molecule has 0 saturated carbocycles. The quantitative estimate of drug-likeness (QED) is 0.636. The van der Waals surface area contributed by atoms with E-state index in [-0.39, 0.29) is 23.7 Å². The summed E-state index contributed by atoms with van der Waals surface area (Å²) >= 11 is 11.7. The van der Waals surface area contributed by atoms with Gasteiger partial charge in [0.15, 0.2) is 5.76 Å². The monoisotopic (exact) mass is 312 g/mol. The minimum absolute atomic E-state index is 0.00927. The average molecular weight is 313 g/mol. The van der Waals surface area contributed by atoms with Crippen molar-refractivity contribution in [3.63, 3.8) is 0 Å². The van der Waals surface area contributed by atoms with Gasteiger partial charge in [0.1, 0.15) is 0 Å². The van der Waals surface area contributed by atoms with E-state index in [1.54, 1.807) is 18.2 Å². The van der Waals surface area contributed by atoms with E-state index >= 15 is 0 Å². The average Bonchev–Trinajstić information content (AvgIpc) is 2.92. The zero-order valence-corrected chi connectivity index (χ0v) is 12.0. The van der Waals surface area contributed by atoms with Crippen LogP contribution in [-0.4, -0.2) is 18.9 Å². The molecule has 1 aromatic carbocycles. The number of benzene rings is 1. The van der Waals surface area contributed by atoms with Crippen LogP contribution >= 0.6 is 23.2 Å². The van der Waals surface area contributed by atoms with E-state index in [9.17, 15) is 9.59 Å². The fourth-order valence-electron chi connectivity index (χ4n) is 1.62. The maximum absolute atomic E-state index is 12.0. The van der Waals surface area contributed by atoms with Gasteiger partial charge in [0.2, 0.25) is 11.5 Å². The molecule has 2 rings (SSSR count). The summed E-state index contributed by atoms with van der Waals surface area (Å²) in [6, 6.07) is 7.77. The zero-order chi connectivity index (χ0) is 14.7. The van der Waals surface area contributed by atoms with Gasteiger partial charge in [-0.25, -0.2) is 4.79 Å². The van der Waals surface area contributed by atoms with Crippen molar-refractivity contribution in [3.05, 3.63) is 57.5 Å². The molecule has 0 unspecified atom stereocenters. The molecule has 1 heterocycles. The topological polar surface area (TPSA) is 56.5 Å². The molecule has 0 atom stereocenters. The van der Waals surface area contributed by atoms with Crippen LogP contribution in [0.15, 0.2) is 34.7 Å². The predicted molar refractivity (Wildman–Crippen MR) is 74.5 cm³/mol. The van der Waals surface area contributed by atoms with Crippen LogP contribution in [0.3, 0.4) is 0 Å². The predicted octanol–water partition coefficient (Wildman–Crippen LogP) is 3.80. The van der Waals surface area contributed by atoms with Gasteiger partial charge in [0, 0.05) is 6.42 Å². The summed E-state index contributed by atoms with van der Waals surface area (Å²) in [5.74, 6) is -0.807. The van der Waals surface area contributed by atoms with Crippen LogP contribution in [0.4, 0.5) is 0 Å². The van der Waals surface area contributed by atoms with Gasteiger partial charge < -0.3 is 9.15 Å². The molecule has 0 saturated heterocycles. The van der Waals surface area contributed by atoms with Crippen molar-refractivity contribution in [1.82, 2.24) is 0 Å². The van der Waals surface area contributed by atoms with Gasteiger partial charge in [-0.05, 0) is 29.8 Å². The number of ether oxygens (including phenoxy) is 1. The first-order valence-electron chi connectivity index (χ1n) is 5.66. The zero-order valence-electron chi connectivity index (χ0n) is 10.5. The lowest BCUT2D eigenvalue weighted by Crippen LogP contribution is -2.03. The SMILES string of the molecule is COC(=O)c1ccc(C(=O)Cc2ccc(Cl)c(Cl)c2)o1. The summed E-state index contributed by atoms with van der Waals surface area (Å²) in [5, 5.41) is 0.806. The number of furan rings is 1. The van der Waals surface area contributed by atoms with Crippen LogP contribution in [0.5, 0.6) is 0 Å². The molecule has 0 aliphatic carbocycles. The molecule has 0 aliphatic rings. The summed E-state index contributed by atoms with van der Waals surface area (Å²) in [7, 11) is 1.24. The third kappa shape index (κ3) is 3.21. The Hall–Kier alpha value is -1.78. The summed E-state index contributed by atoms with van der Waals surface area (Å²) in [6.45, 7) is 0. The molecular formula is C14H10Cl2O4. The number of halogens is 2. The number of hydrogen-bond acceptors (Lipinski definition) is 4. The van der Waals surface area contributed by atoms with Crippen molar-refractivity contribution in [3.8, 4) is 0 Å². The normalized spacial score (nSPS) is 10.3. The van der Waals surface area contributed by atoms with Gasteiger partial charge in [-0.1, -0.05) is 29.3 Å². The number of Topliss-reactive ketones (excluding diaryl/α,β-unsaturated/α-hetero) is 1. The lowest BCUT2D eigenvalue weighted by Gasteiger charge is -2.01. The Morgan fingerprint density at radius 1 is 1.10 bits per heavy atom. The van der Waals surface area contributed by atoms with Crippen LogP contribution in [0, 0.1) is 0 Å². The Labute approximate surface area is 125 Å². The Morgan fingerprint density at radius 2 is 1.80 bits per heavy atom. The van der Waals surface area contributed by atoms with Gasteiger partial charge in [-0.15, -0.1) is 0 Å². The fraction of sp³-hybridized carbons (Fsp3) is 0.143. The second-order valence-electron chi connectivity index (χ2n) is 4.00. The maximum atomic E-state index is 12.0. The highest BCUT2D eigenvalue weighted by Gasteiger charge is 2.16. The summed E-state index contributed by atoms with van der Waals surface area (Å²) in [6.07, 6.45) is 0.102. The van der Waals surface area contributed by atoms with Crippen LogP contribution in [0.25, 0.3) is 0 Å². The first-order valence-corrected chi connectivity index (χ1v) is 6.42. The highest BCUT2D eigenvalue weighted by atomic mass is 35.5. The van der Waals surface area contributed by atoms with Crippen LogP contribution < -0.4 is 0 Å². The highest BCUT2D eigenvalue weighted by Crippen LogP contribution is 2.23. The molecule has 4 nitrogen and oxygen atoms in total. The Kier molecular flexibility index (Phi) is 4.47. The first-order chi connectivity index (χ1) is 9.51. The molecule has 0 bridgehead atoms. The third-order valence-electron chi connectivity index (χ3n) is 2.62. The smallest absolute Gasteiger partial charge is 0.373 e. The van der Waals surface area contributed by atoms with Gasteiger partial charge >= 0.3 is 5.97 Å². The fourth-order valence-corrected chi connectivity index (χ4v) is 1.94. The van der Waals surface area contributed by atoms with Gasteiger partial charge in [0.05, 0.1) is 17.2 Å². The van der Waals surface area contributed by atoms with E-state index in [0.717, 1.165) is 0 Å². The number of carbonyl (C=O) groups is 2. The molecule has 0 fully saturated rings. The molecule has 0 N–H and O–H groups in total. The lowest BCUT2D eigenvalue weighted by atomic mass is 10.1. The van der Waals surface area contributed by atoms with Gasteiger partial charge in [-0.2, -0.15) is 0 Å². The van der Waals surface area contributed by atoms with Crippen LogP contribution in [0.2, 0.25) is 10.0 Å². The summed E-state index contributed by atoms with van der Waals surface area (Å²) in [4.78, 5) is 23.2. The molecule has 0 spiro atoms. The van der Waals surface area contributed by atoms with Gasteiger partial charge in [-0.3, -0.25) is 4.79 Å². The van der Waals surface area contributed by atoms with E-state index < -0.39 is 5.97 Å². The minimum Gasteiger partial charge on any atom is -0.463 e. The molecule has 2 aromatic rings. The van der Waals surface area contributed by atoms with E-state index in [1.807, 2.05) is 0 Å². The number of rotatable bonds is 4. The Balaban J connectivity index is 2.13. The van der Waals surface area contributed by atoms with Crippen LogP contribution in [-0.2, 0) is 11.2 Å². The van der Waals surface area contributed by atoms with Crippen molar-refractivity contribution in [2.75, 3.05) is 7.11 Å². The lowest BCUT2D eigenvalue weighted by molar-refractivity contribution is 0.0563. The van der Waals surface area contributed by atoms with Crippen molar-refractivity contribution in [2.45, 2.75) is 6.42 Å². The standard InChI is InChI=1S/C14H10Cl2O4/c1-19-14(18)13-5-4-12(20-13)11(17)7-8-2-3-9(15)10(16)6-8/h2-6H,7H2,1H3. The maximum Gasteiger partial charge on any atom is 0.373 e. The molecule has 0 aliphatic heterocycles. The van der Waals surface area contributed by atoms with Crippen molar-refractivity contribution in [1.29, 1.82) is 0 Å². The van der Waals surface area contributed by atoms with Gasteiger partial charge in [0.25, 0.3) is 0 Å². The van der Waals surface area contributed by atoms with E-state index in [2.05, 4.69) is 4.74 Å². The van der Waals surface area contributed by atoms with Crippen molar-refractivity contribution in [2.24, 2.45) is 0 Å². The largest absolute Gasteiger partial charge is 0.463 e. The third-order valence-corrected chi connectivity index (χ3v) is 3.36. The molecule has 0 radical (unpaired) electrons. The van der Waals surface area contributed by atoms with Crippen molar-refractivity contribution >= 4 is 35.0 Å².